The summed E-state index contributed by atoms with van der Waals surface area (Å²) in [6, 6.07) is 5.62. The van der Waals surface area contributed by atoms with Crippen LogP contribution in [0.5, 0.6) is 0 Å². The van der Waals surface area contributed by atoms with Crippen LogP contribution >= 0.6 is 11.6 Å². The van der Waals surface area contributed by atoms with Gasteiger partial charge in [-0.3, -0.25) is 9.36 Å². The molecular weight excluding hydrogens is 312 g/mol. The van der Waals surface area contributed by atoms with Crippen LogP contribution in [0.15, 0.2) is 29.3 Å². The Morgan fingerprint density at radius 3 is 2.91 bits per heavy atom. The number of hydrogen-bond donors (Lipinski definition) is 2. The molecular formula is C17H20ClN4O+. The molecule has 1 aliphatic heterocycles. The van der Waals surface area contributed by atoms with Crippen LogP contribution in [0.4, 0.5) is 0 Å². The van der Waals surface area contributed by atoms with Crippen molar-refractivity contribution in [3.8, 4) is 0 Å². The number of aromatic nitrogens is 3. The molecule has 0 atom stereocenters. The van der Waals surface area contributed by atoms with Gasteiger partial charge in [-0.1, -0.05) is 17.7 Å². The van der Waals surface area contributed by atoms with Crippen molar-refractivity contribution < 1.29 is 4.90 Å². The average Bonchev–Trinajstić information content (AvgIpc) is 2.96. The SMILES string of the molecule is O=c1c2[nH]c3cccc(Cl)c3c2ncn1CC[NH+]1CCCCC1. The third-order valence-electron chi connectivity index (χ3n) is 4.81. The standard InChI is InChI=1S/C17H19ClN4O/c18-12-5-4-6-13-14(12)15-16(20-13)17(23)22(11-19-15)10-9-21-7-2-1-3-8-21/h4-6,11,20H,1-3,7-10H2/p+1. The summed E-state index contributed by atoms with van der Waals surface area (Å²) in [4.78, 5) is 22.0. The maximum absolute atomic E-state index is 12.7. The van der Waals surface area contributed by atoms with Gasteiger partial charge in [0.25, 0.3) is 5.56 Å². The Balaban J connectivity index is 1.69. The maximum Gasteiger partial charge on any atom is 0.277 e. The Labute approximate surface area is 138 Å². The highest BCUT2D eigenvalue weighted by molar-refractivity contribution is 6.37. The first kappa shape index (κ1) is 14.7. The summed E-state index contributed by atoms with van der Waals surface area (Å²) < 4.78 is 1.72. The van der Waals surface area contributed by atoms with Crippen molar-refractivity contribution in [1.29, 1.82) is 0 Å². The molecule has 0 saturated carbocycles. The van der Waals surface area contributed by atoms with E-state index in [1.54, 1.807) is 15.8 Å². The molecule has 1 aliphatic rings. The second-order valence-electron chi connectivity index (χ2n) is 6.31. The molecule has 23 heavy (non-hydrogen) atoms. The molecule has 0 amide bonds. The first-order valence-corrected chi connectivity index (χ1v) is 8.61. The molecule has 2 aromatic heterocycles. The fourth-order valence-corrected chi connectivity index (χ4v) is 3.80. The van der Waals surface area contributed by atoms with Crippen molar-refractivity contribution in [3.63, 3.8) is 0 Å². The molecule has 4 rings (SSSR count). The number of nitrogens with zero attached hydrogens (tertiary/aromatic N) is 2. The van der Waals surface area contributed by atoms with Crippen molar-refractivity contribution in [3.05, 3.63) is 39.9 Å². The Morgan fingerprint density at radius 2 is 2.09 bits per heavy atom. The van der Waals surface area contributed by atoms with Gasteiger partial charge in [-0.2, -0.15) is 0 Å². The van der Waals surface area contributed by atoms with Crippen LogP contribution in [0.2, 0.25) is 5.02 Å². The van der Waals surface area contributed by atoms with E-state index in [1.807, 2.05) is 18.2 Å². The molecule has 1 saturated heterocycles. The monoisotopic (exact) mass is 331 g/mol. The molecule has 1 fully saturated rings. The Kier molecular flexibility index (Phi) is 3.83. The molecule has 2 N–H and O–H groups in total. The number of rotatable bonds is 3. The minimum atomic E-state index is -0.0151. The van der Waals surface area contributed by atoms with Crippen LogP contribution in [-0.2, 0) is 6.54 Å². The highest BCUT2D eigenvalue weighted by atomic mass is 35.5. The molecule has 1 aromatic carbocycles. The second kappa shape index (κ2) is 5.98. The number of aromatic amines is 1. The van der Waals surface area contributed by atoms with E-state index >= 15 is 0 Å². The van der Waals surface area contributed by atoms with E-state index in [2.05, 4.69) is 9.97 Å². The van der Waals surface area contributed by atoms with Gasteiger partial charge in [-0.15, -0.1) is 0 Å². The van der Waals surface area contributed by atoms with Crippen LogP contribution in [0, 0.1) is 0 Å². The number of quaternary nitrogens is 1. The zero-order chi connectivity index (χ0) is 15.8. The number of benzene rings is 1. The maximum atomic E-state index is 12.7. The minimum Gasteiger partial charge on any atom is -0.349 e. The molecule has 3 aromatic rings. The van der Waals surface area contributed by atoms with Crippen LogP contribution in [0.1, 0.15) is 19.3 Å². The highest BCUT2D eigenvalue weighted by Gasteiger charge is 2.16. The predicted molar refractivity (Wildman–Crippen MR) is 92.3 cm³/mol. The zero-order valence-electron chi connectivity index (χ0n) is 12.9. The van der Waals surface area contributed by atoms with Crippen LogP contribution < -0.4 is 10.5 Å². The van der Waals surface area contributed by atoms with Gasteiger partial charge in [0.1, 0.15) is 11.0 Å². The van der Waals surface area contributed by atoms with Gasteiger partial charge in [0.15, 0.2) is 0 Å². The van der Waals surface area contributed by atoms with E-state index in [4.69, 9.17) is 11.6 Å². The van der Waals surface area contributed by atoms with E-state index in [9.17, 15) is 4.79 Å². The Bertz CT molecular complexity index is 908. The third-order valence-corrected chi connectivity index (χ3v) is 5.13. The van der Waals surface area contributed by atoms with Crippen molar-refractivity contribution in [1.82, 2.24) is 14.5 Å². The first-order chi connectivity index (χ1) is 11.2. The summed E-state index contributed by atoms with van der Waals surface area (Å²) in [6.45, 7) is 4.12. The van der Waals surface area contributed by atoms with E-state index in [0.29, 0.717) is 22.6 Å². The zero-order valence-corrected chi connectivity index (χ0v) is 13.7. The van der Waals surface area contributed by atoms with E-state index in [-0.39, 0.29) is 5.56 Å². The summed E-state index contributed by atoms with van der Waals surface area (Å²) in [5, 5.41) is 1.45. The van der Waals surface area contributed by atoms with Gasteiger partial charge in [-0.25, -0.2) is 4.98 Å². The fourth-order valence-electron chi connectivity index (χ4n) is 3.53. The summed E-state index contributed by atoms with van der Waals surface area (Å²) in [7, 11) is 0. The van der Waals surface area contributed by atoms with E-state index < -0.39 is 0 Å². The Hall–Kier alpha value is -1.85. The van der Waals surface area contributed by atoms with Gasteiger partial charge in [0.2, 0.25) is 0 Å². The summed E-state index contributed by atoms with van der Waals surface area (Å²) in [5.41, 5.74) is 2.05. The van der Waals surface area contributed by atoms with Gasteiger partial charge < -0.3 is 9.88 Å². The molecule has 0 unspecified atom stereocenters. The van der Waals surface area contributed by atoms with E-state index in [1.165, 1.54) is 32.4 Å². The fraction of sp³-hybridized carbons (Fsp3) is 0.412. The first-order valence-electron chi connectivity index (χ1n) is 8.23. The van der Waals surface area contributed by atoms with E-state index in [0.717, 1.165) is 17.4 Å². The van der Waals surface area contributed by atoms with Crippen LogP contribution in [-0.4, -0.2) is 34.2 Å². The van der Waals surface area contributed by atoms with Crippen molar-refractivity contribution >= 4 is 33.5 Å². The number of hydrogen-bond acceptors (Lipinski definition) is 2. The second-order valence-corrected chi connectivity index (χ2v) is 6.72. The van der Waals surface area contributed by atoms with Crippen molar-refractivity contribution in [2.75, 3.05) is 19.6 Å². The van der Waals surface area contributed by atoms with Crippen LogP contribution in [0.3, 0.4) is 0 Å². The number of fused-ring (bicyclic) bond motifs is 3. The summed E-state index contributed by atoms with van der Waals surface area (Å²) >= 11 is 6.26. The smallest absolute Gasteiger partial charge is 0.277 e. The number of likely N-dealkylation sites (tertiary alicyclic amines) is 1. The number of piperidine rings is 1. The summed E-state index contributed by atoms with van der Waals surface area (Å²) in [5.74, 6) is 0. The molecule has 120 valence electrons. The lowest BCUT2D eigenvalue weighted by Crippen LogP contribution is -3.13. The van der Waals surface area contributed by atoms with Crippen molar-refractivity contribution in [2.45, 2.75) is 25.8 Å². The molecule has 6 heteroatoms. The molecule has 0 spiro atoms. The third kappa shape index (κ3) is 2.64. The number of halogens is 1. The topological polar surface area (TPSA) is 55.1 Å². The highest BCUT2D eigenvalue weighted by Crippen LogP contribution is 2.28. The lowest BCUT2D eigenvalue weighted by Gasteiger charge is -2.23. The molecule has 0 bridgehead atoms. The largest absolute Gasteiger partial charge is 0.349 e. The van der Waals surface area contributed by atoms with Gasteiger partial charge in [0.05, 0.1) is 37.5 Å². The minimum absolute atomic E-state index is 0.0151. The van der Waals surface area contributed by atoms with Gasteiger partial charge >= 0.3 is 0 Å². The number of H-pyrrole nitrogens is 1. The number of nitrogens with one attached hydrogen (secondary N) is 2. The summed E-state index contributed by atoms with van der Waals surface area (Å²) in [6.07, 6.45) is 5.58. The normalized spacial score (nSPS) is 16.4. The predicted octanol–water partition coefficient (Wildman–Crippen LogP) is 1.60. The Morgan fingerprint density at radius 1 is 1.26 bits per heavy atom. The molecule has 3 heterocycles. The quantitative estimate of drug-likeness (QED) is 0.766. The molecule has 5 nitrogen and oxygen atoms in total. The van der Waals surface area contributed by atoms with Crippen LogP contribution in [0.25, 0.3) is 21.9 Å². The lowest BCUT2D eigenvalue weighted by molar-refractivity contribution is -0.905. The molecule has 0 radical (unpaired) electrons. The molecule has 0 aliphatic carbocycles. The van der Waals surface area contributed by atoms with Gasteiger partial charge in [0, 0.05) is 10.9 Å². The average molecular weight is 332 g/mol. The van der Waals surface area contributed by atoms with Gasteiger partial charge in [-0.05, 0) is 31.4 Å². The van der Waals surface area contributed by atoms with Crippen molar-refractivity contribution in [2.24, 2.45) is 0 Å². The lowest BCUT2D eigenvalue weighted by atomic mass is 10.1.